The standard InChI is InChI=1S/C24H21ClN2O8/c25-16-4-1-3-15(12-16)19(29)13-27-20(24(32)34-22(30)23(31)35-24)11-14-6-8-17(9-7-14)33-21-18(28)5-2-10-26-21/h1-10,12,19-20,27-29,32H,11,13H2/t19-,20-/m1/s1. The molecule has 10 nitrogen and oxygen atoms in total. The van der Waals surface area contributed by atoms with Crippen LogP contribution in [-0.2, 0) is 25.5 Å². The van der Waals surface area contributed by atoms with Gasteiger partial charge in [-0.3, -0.25) is 0 Å². The predicted octanol–water partition coefficient (Wildman–Crippen LogP) is 2.21. The van der Waals surface area contributed by atoms with E-state index >= 15 is 0 Å². The molecule has 1 saturated heterocycles. The fourth-order valence-electron chi connectivity index (χ4n) is 3.43. The van der Waals surface area contributed by atoms with E-state index in [0.717, 1.165) is 0 Å². The number of benzene rings is 2. The molecule has 0 radical (unpaired) electrons. The van der Waals surface area contributed by atoms with Crippen molar-refractivity contribution in [1.82, 2.24) is 10.3 Å². The molecule has 4 rings (SSSR count). The van der Waals surface area contributed by atoms with E-state index in [2.05, 4.69) is 10.3 Å². The number of ether oxygens (including phenoxy) is 3. The highest BCUT2D eigenvalue weighted by Crippen LogP contribution is 2.29. The van der Waals surface area contributed by atoms with Gasteiger partial charge in [0.25, 0.3) is 5.88 Å². The molecule has 2 aromatic carbocycles. The molecule has 0 unspecified atom stereocenters. The third-order valence-corrected chi connectivity index (χ3v) is 5.44. The number of nitrogens with one attached hydrogen (secondary N) is 1. The Kier molecular flexibility index (Phi) is 7.17. The van der Waals surface area contributed by atoms with Crippen LogP contribution in [0.5, 0.6) is 17.4 Å². The predicted molar refractivity (Wildman–Crippen MR) is 121 cm³/mol. The third kappa shape index (κ3) is 5.87. The topological polar surface area (TPSA) is 147 Å². The lowest BCUT2D eigenvalue weighted by molar-refractivity contribution is -0.307. The molecular formula is C24H21ClN2O8. The zero-order valence-electron chi connectivity index (χ0n) is 18.1. The van der Waals surface area contributed by atoms with Crippen LogP contribution in [0.25, 0.3) is 0 Å². The number of carbonyl (C=O) groups is 2. The molecule has 4 N–H and O–H groups in total. The van der Waals surface area contributed by atoms with Crippen molar-refractivity contribution in [2.45, 2.75) is 24.5 Å². The molecule has 3 aromatic rings. The highest BCUT2D eigenvalue weighted by Gasteiger charge is 2.53. The molecule has 0 amide bonds. The maximum absolute atomic E-state index is 11.6. The zero-order chi connectivity index (χ0) is 25.0. The highest BCUT2D eigenvalue weighted by atomic mass is 35.5. The van der Waals surface area contributed by atoms with Crippen molar-refractivity contribution in [2.75, 3.05) is 6.54 Å². The Hall–Kier alpha value is -3.70. The molecule has 1 aliphatic heterocycles. The number of aromatic hydroxyl groups is 1. The SMILES string of the molecule is O=C1OC(O)([C@@H](Cc2ccc(Oc3ncccc3O)cc2)NC[C@@H](O)c2cccc(Cl)c2)OC1=O. The number of rotatable bonds is 9. The van der Waals surface area contributed by atoms with E-state index in [4.69, 9.17) is 25.8 Å². The van der Waals surface area contributed by atoms with Gasteiger partial charge in [-0.2, -0.15) is 0 Å². The summed E-state index contributed by atoms with van der Waals surface area (Å²) in [5, 5.41) is 34.4. The lowest BCUT2D eigenvalue weighted by atomic mass is 10.0. The Labute approximate surface area is 204 Å². The largest absolute Gasteiger partial charge is 0.503 e. The minimum Gasteiger partial charge on any atom is -0.503 e. The number of carbonyl (C=O) groups excluding carboxylic acids is 2. The van der Waals surface area contributed by atoms with Crippen molar-refractivity contribution in [2.24, 2.45) is 0 Å². The highest BCUT2D eigenvalue weighted by molar-refractivity contribution is 6.31. The van der Waals surface area contributed by atoms with Gasteiger partial charge in [0.1, 0.15) is 11.8 Å². The van der Waals surface area contributed by atoms with Crippen molar-refractivity contribution >= 4 is 23.5 Å². The summed E-state index contributed by atoms with van der Waals surface area (Å²) in [5.41, 5.74) is 1.17. The van der Waals surface area contributed by atoms with Gasteiger partial charge in [0.2, 0.25) is 0 Å². The summed E-state index contributed by atoms with van der Waals surface area (Å²) in [5.74, 6) is -4.92. The molecule has 1 aromatic heterocycles. The van der Waals surface area contributed by atoms with Crippen molar-refractivity contribution in [3.63, 3.8) is 0 Å². The van der Waals surface area contributed by atoms with Crippen LogP contribution in [0.15, 0.2) is 66.9 Å². The first-order valence-corrected chi connectivity index (χ1v) is 10.9. The van der Waals surface area contributed by atoms with Gasteiger partial charge in [0, 0.05) is 17.8 Å². The Morgan fingerprint density at radius 2 is 1.77 bits per heavy atom. The zero-order valence-corrected chi connectivity index (χ0v) is 18.9. The molecule has 1 fully saturated rings. The average molecular weight is 501 g/mol. The lowest BCUT2D eigenvalue weighted by Gasteiger charge is -2.30. The van der Waals surface area contributed by atoms with Gasteiger partial charge in [0.15, 0.2) is 5.75 Å². The maximum Gasteiger partial charge on any atom is 0.422 e. The first-order valence-electron chi connectivity index (χ1n) is 10.5. The molecule has 2 atom stereocenters. The van der Waals surface area contributed by atoms with Crippen LogP contribution in [0.3, 0.4) is 0 Å². The number of aromatic nitrogens is 1. The monoisotopic (exact) mass is 500 g/mol. The Morgan fingerprint density at radius 1 is 1.06 bits per heavy atom. The fourth-order valence-corrected chi connectivity index (χ4v) is 3.63. The van der Waals surface area contributed by atoms with Crippen LogP contribution < -0.4 is 10.1 Å². The van der Waals surface area contributed by atoms with Gasteiger partial charge in [-0.25, -0.2) is 14.6 Å². The van der Waals surface area contributed by atoms with E-state index in [-0.39, 0.29) is 24.6 Å². The number of hydrogen-bond acceptors (Lipinski definition) is 10. The van der Waals surface area contributed by atoms with Crippen LogP contribution in [0.2, 0.25) is 5.02 Å². The minimum absolute atomic E-state index is 0.0360. The Bertz CT molecular complexity index is 1200. The van der Waals surface area contributed by atoms with Gasteiger partial charge < -0.3 is 34.8 Å². The molecule has 0 saturated carbocycles. The van der Waals surface area contributed by atoms with Gasteiger partial charge in [-0.05, 0) is 53.9 Å². The summed E-state index contributed by atoms with van der Waals surface area (Å²) in [6.07, 6.45) is 0.492. The molecule has 0 aliphatic carbocycles. The number of aliphatic hydroxyl groups is 2. The van der Waals surface area contributed by atoms with Crippen LogP contribution in [0, 0.1) is 0 Å². The van der Waals surface area contributed by atoms with Gasteiger partial charge >= 0.3 is 17.9 Å². The summed E-state index contributed by atoms with van der Waals surface area (Å²) >= 11 is 5.97. The molecule has 35 heavy (non-hydrogen) atoms. The van der Waals surface area contributed by atoms with Gasteiger partial charge in [-0.1, -0.05) is 35.9 Å². The number of hydrogen-bond donors (Lipinski definition) is 4. The maximum atomic E-state index is 11.6. The normalized spacial score (nSPS) is 16.3. The van der Waals surface area contributed by atoms with Crippen molar-refractivity contribution in [3.8, 4) is 17.4 Å². The molecule has 0 bridgehead atoms. The van der Waals surface area contributed by atoms with Crippen LogP contribution >= 0.6 is 11.6 Å². The Morgan fingerprint density at radius 3 is 2.43 bits per heavy atom. The van der Waals surface area contributed by atoms with E-state index in [1.54, 1.807) is 54.6 Å². The quantitative estimate of drug-likeness (QED) is 0.254. The number of cyclic esters (lactones) is 2. The van der Waals surface area contributed by atoms with E-state index in [0.29, 0.717) is 21.9 Å². The lowest BCUT2D eigenvalue weighted by Crippen LogP contribution is -2.54. The van der Waals surface area contributed by atoms with E-state index in [1.807, 2.05) is 0 Å². The Balaban J connectivity index is 1.48. The molecule has 11 heteroatoms. The fraction of sp³-hybridized carbons (Fsp3) is 0.208. The summed E-state index contributed by atoms with van der Waals surface area (Å²) in [6, 6.07) is 15.0. The number of pyridine rings is 1. The second kappa shape index (κ2) is 10.3. The second-order valence-corrected chi connectivity index (χ2v) is 8.16. The first-order chi connectivity index (χ1) is 16.7. The van der Waals surface area contributed by atoms with Gasteiger partial charge in [-0.15, -0.1) is 0 Å². The number of nitrogens with zero attached hydrogens (tertiary/aromatic N) is 1. The van der Waals surface area contributed by atoms with Crippen molar-refractivity contribution in [1.29, 1.82) is 0 Å². The molecule has 0 spiro atoms. The van der Waals surface area contributed by atoms with Gasteiger partial charge in [0.05, 0.1) is 6.10 Å². The summed E-state index contributed by atoms with van der Waals surface area (Å²) in [6.45, 7) is -0.0808. The third-order valence-electron chi connectivity index (χ3n) is 5.20. The minimum atomic E-state index is -2.57. The number of esters is 2. The van der Waals surface area contributed by atoms with Crippen molar-refractivity contribution < 1.29 is 39.1 Å². The average Bonchev–Trinajstić information content (AvgIpc) is 3.11. The summed E-state index contributed by atoms with van der Waals surface area (Å²) in [4.78, 5) is 27.1. The second-order valence-electron chi connectivity index (χ2n) is 7.72. The molecule has 182 valence electrons. The number of aliphatic hydroxyl groups excluding tert-OH is 1. The van der Waals surface area contributed by atoms with Crippen LogP contribution in [0.1, 0.15) is 17.2 Å². The molecule has 1 aliphatic rings. The number of halogens is 1. The van der Waals surface area contributed by atoms with E-state index in [1.165, 1.54) is 12.3 Å². The van der Waals surface area contributed by atoms with E-state index in [9.17, 15) is 24.9 Å². The molecular weight excluding hydrogens is 480 g/mol. The van der Waals surface area contributed by atoms with E-state index < -0.39 is 30.1 Å². The summed E-state index contributed by atoms with van der Waals surface area (Å²) < 4.78 is 15.1. The van der Waals surface area contributed by atoms with Crippen LogP contribution in [-0.4, -0.2) is 50.8 Å². The summed E-state index contributed by atoms with van der Waals surface area (Å²) in [7, 11) is 0. The van der Waals surface area contributed by atoms with Crippen molar-refractivity contribution in [3.05, 3.63) is 83.0 Å². The smallest absolute Gasteiger partial charge is 0.422 e. The van der Waals surface area contributed by atoms with Crippen LogP contribution in [0.4, 0.5) is 0 Å². The molecule has 2 heterocycles. The first kappa shape index (κ1) is 24.4.